The number of carbonyl (C=O) groups is 1. The van der Waals surface area contributed by atoms with E-state index in [0.717, 1.165) is 18.2 Å². The fourth-order valence-electron chi connectivity index (χ4n) is 2.20. The molecule has 0 aliphatic carbocycles. The van der Waals surface area contributed by atoms with Gasteiger partial charge in [-0.1, -0.05) is 11.6 Å². The molecule has 140 valence electrons. The van der Waals surface area contributed by atoms with Crippen molar-refractivity contribution in [1.82, 2.24) is 19.8 Å². The minimum Gasteiger partial charge on any atom is -0.295 e. The first-order valence-corrected chi connectivity index (χ1v) is 9.19. The topological polar surface area (TPSA) is 93.1 Å². The van der Waals surface area contributed by atoms with Crippen molar-refractivity contribution in [1.29, 1.82) is 0 Å². The first-order valence-electron chi connectivity index (χ1n) is 7.33. The second kappa shape index (κ2) is 7.43. The van der Waals surface area contributed by atoms with Crippen molar-refractivity contribution in [3.63, 3.8) is 0 Å². The Kier molecular flexibility index (Phi) is 5.22. The summed E-state index contributed by atoms with van der Waals surface area (Å²) in [5, 5.41) is -0.340. The average molecular weight is 413 g/mol. The van der Waals surface area contributed by atoms with E-state index in [1.807, 2.05) is 10.3 Å². The standard InChI is InChI=1S/C16H11ClF2N4O3S/c17-13-7-11(19)3-6-15(13)27(25,26)22-21-16(24)14-8-20-9-23(14)12-4-1-10(18)2-5-12/h1-9,22H,(H,21,24). The van der Waals surface area contributed by atoms with Crippen LogP contribution in [0.1, 0.15) is 10.5 Å². The van der Waals surface area contributed by atoms with Crippen LogP contribution >= 0.6 is 11.6 Å². The van der Waals surface area contributed by atoms with E-state index in [0.29, 0.717) is 5.69 Å². The molecule has 27 heavy (non-hydrogen) atoms. The summed E-state index contributed by atoms with van der Waals surface area (Å²) in [7, 11) is -4.24. The number of amides is 1. The number of carbonyl (C=O) groups excluding carboxylic acids is 1. The number of nitrogens with one attached hydrogen (secondary N) is 2. The minimum absolute atomic E-state index is 0.00508. The Morgan fingerprint density at radius 2 is 1.74 bits per heavy atom. The number of benzene rings is 2. The third kappa shape index (κ3) is 4.13. The van der Waals surface area contributed by atoms with Crippen molar-refractivity contribution >= 4 is 27.5 Å². The van der Waals surface area contributed by atoms with Crippen molar-refractivity contribution in [2.24, 2.45) is 0 Å². The van der Waals surface area contributed by atoms with Crippen LogP contribution in [0.15, 0.2) is 59.9 Å². The molecule has 3 rings (SSSR count). The average Bonchev–Trinajstić information content (AvgIpc) is 3.10. The summed E-state index contributed by atoms with van der Waals surface area (Å²) in [6.07, 6.45) is 2.52. The molecule has 1 heterocycles. The highest BCUT2D eigenvalue weighted by Crippen LogP contribution is 2.21. The molecule has 0 bridgehead atoms. The largest absolute Gasteiger partial charge is 0.295 e. The number of halogens is 3. The van der Waals surface area contributed by atoms with Gasteiger partial charge in [0.25, 0.3) is 15.9 Å². The van der Waals surface area contributed by atoms with Crippen LogP contribution in [-0.2, 0) is 10.0 Å². The van der Waals surface area contributed by atoms with Crippen LogP contribution in [0.5, 0.6) is 0 Å². The van der Waals surface area contributed by atoms with E-state index in [4.69, 9.17) is 11.6 Å². The molecule has 7 nitrogen and oxygen atoms in total. The number of aromatic nitrogens is 2. The predicted molar refractivity (Wildman–Crippen MR) is 92.7 cm³/mol. The second-order valence-corrected chi connectivity index (χ2v) is 7.32. The Morgan fingerprint density at radius 1 is 1.07 bits per heavy atom. The molecule has 0 fully saturated rings. The van der Waals surface area contributed by atoms with Crippen molar-refractivity contribution in [3.8, 4) is 5.69 Å². The lowest BCUT2D eigenvalue weighted by Gasteiger charge is -2.11. The van der Waals surface area contributed by atoms with Crippen molar-refractivity contribution in [2.45, 2.75) is 4.90 Å². The number of imidazole rings is 1. The summed E-state index contributed by atoms with van der Waals surface area (Å²) in [6.45, 7) is 0. The van der Waals surface area contributed by atoms with E-state index in [-0.39, 0.29) is 10.7 Å². The zero-order valence-electron chi connectivity index (χ0n) is 13.4. The van der Waals surface area contributed by atoms with Gasteiger partial charge in [0.15, 0.2) is 0 Å². The number of sulfonamides is 1. The molecule has 0 aliphatic heterocycles. The highest BCUT2D eigenvalue weighted by atomic mass is 35.5. The van der Waals surface area contributed by atoms with Crippen molar-refractivity contribution in [3.05, 3.63) is 77.3 Å². The summed E-state index contributed by atoms with van der Waals surface area (Å²) < 4.78 is 51.9. The molecule has 2 N–H and O–H groups in total. The maximum atomic E-state index is 13.1. The summed E-state index contributed by atoms with van der Waals surface area (Å²) in [5.41, 5.74) is 2.47. The van der Waals surface area contributed by atoms with E-state index >= 15 is 0 Å². The van der Waals surface area contributed by atoms with Crippen LogP contribution < -0.4 is 10.3 Å². The van der Waals surface area contributed by atoms with Crippen LogP contribution in [0.25, 0.3) is 5.69 Å². The third-order valence-electron chi connectivity index (χ3n) is 3.46. The predicted octanol–water partition coefficient (Wildman–Crippen LogP) is 2.43. The molecule has 0 atom stereocenters. The van der Waals surface area contributed by atoms with Gasteiger partial charge < -0.3 is 0 Å². The summed E-state index contributed by atoms with van der Waals surface area (Å²) in [4.78, 5) is 17.6. The highest BCUT2D eigenvalue weighted by molar-refractivity contribution is 7.89. The molecular formula is C16H11ClF2N4O3S. The summed E-state index contributed by atoms with van der Waals surface area (Å²) in [5.74, 6) is -1.97. The van der Waals surface area contributed by atoms with E-state index in [1.54, 1.807) is 0 Å². The molecule has 0 radical (unpaired) electrons. The molecule has 0 saturated heterocycles. The quantitative estimate of drug-likeness (QED) is 0.629. The van der Waals surface area contributed by atoms with Gasteiger partial charge in [-0.2, -0.15) is 0 Å². The molecular weight excluding hydrogens is 402 g/mol. The zero-order valence-corrected chi connectivity index (χ0v) is 14.9. The Hall–Kier alpha value is -2.82. The lowest BCUT2D eigenvalue weighted by Crippen LogP contribution is -2.42. The van der Waals surface area contributed by atoms with Gasteiger partial charge in [-0.15, -0.1) is 4.83 Å². The van der Waals surface area contributed by atoms with E-state index < -0.39 is 32.5 Å². The number of hydrogen-bond donors (Lipinski definition) is 2. The van der Waals surface area contributed by atoms with Gasteiger partial charge in [-0.25, -0.2) is 22.2 Å². The molecule has 3 aromatic rings. The Balaban J connectivity index is 1.79. The van der Waals surface area contributed by atoms with Crippen LogP contribution in [0.2, 0.25) is 5.02 Å². The first kappa shape index (κ1) is 19.0. The Bertz CT molecular complexity index is 1100. The highest BCUT2D eigenvalue weighted by Gasteiger charge is 2.21. The number of hydrazine groups is 1. The third-order valence-corrected chi connectivity index (χ3v) is 5.19. The fraction of sp³-hybridized carbons (Fsp3) is 0. The van der Waals surface area contributed by atoms with E-state index in [1.165, 1.54) is 41.4 Å². The lowest BCUT2D eigenvalue weighted by molar-refractivity contribution is 0.0938. The normalized spacial score (nSPS) is 11.4. The summed E-state index contributed by atoms with van der Waals surface area (Å²) in [6, 6.07) is 7.99. The van der Waals surface area contributed by atoms with Crippen LogP contribution in [0, 0.1) is 11.6 Å². The maximum Gasteiger partial charge on any atom is 0.284 e. The fourth-order valence-corrected chi connectivity index (χ4v) is 3.57. The lowest BCUT2D eigenvalue weighted by atomic mass is 10.3. The molecule has 2 aromatic carbocycles. The van der Waals surface area contributed by atoms with Crippen LogP contribution in [0.3, 0.4) is 0 Å². The molecule has 0 unspecified atom stereocenters. The number of hydrogen-bond acceptors (Lipinski definition) is 4. The SMILES string of the molecule is O=C(NNS(=O)(=O)c1ccc(F)cc1Cl)c1cncn1-c1ccc(F)cc1. The molecule has 0 saturated carbocycles. The van der Waals surface area contributed by atoms with Crippen molar-refractivity contribution < 1.29 is 22.0 Å². The van der Waals surface area contributed by atoms with Gasteiger partial charge in [0, 0.05) is 5.69 Å². The molecule has 0 spiro atoms. The number of rotatable bonds is 5. The van der Waals surface area contributed by atoms with Gasteiger partial charge in [-0.3, -0.25) is 14.8 Å². The van der Waals surface area contributed by atoms with Crippen molar-refractivity contribution in [2.75, 3.05) is 0 Å². The van der Waals surface area contributed by atoms with E-state index in [2.05, 4.69) is 4.98 Å². The van der Waals surface area contributed by atoms with Gasteiger partial charge in [0.2, 0.25) is 0 Å². The van der Waals surface area contributed by atoms with E-state index in [9.17, 15) is 22.0 Å². The minimum atomic E-state index is -4.24. The molecule has 11 heteroatoms. The van der Waals surface area contributed by atoms with Crippen LogP contribution in [0.4, 0.5) is 8.78 Å². The van der Waals surface area contributed by atoms with Gasteiger partial charge >= 0.3 is 0 Å². The Morgan fingerprint density at radius 3 is 2.41 bits per heavy atom. The molecule has 0 aliphatic rings. The zero-order chi connectivity index (χ0) is 19.6. The smallest absolute Gasteiger partial charge is 0.284 e. The molecule has 1 amide bonds. The van der Waals surface area contributed by atoms with Gasteiger partial charge in [-0.05, 0) is 42.5 Å². The monoisotopic (exact) mass is 412 g/mol. The van der Waals surface area contributed by atoms with Gasteiger partial charge in [0.05, 0.1) is 17.5 Å². The van der Waals surface area contributed by atoms with Crippen LogP contribution in [-0.4, -0.2) is 23.9 Å². The summed E-state index contributed by atoms with van der Waals surface area (Å²) >= 11 is 5.73. The number of nitrogens with zero attached hydrogens (tertiary/aromatic N) is 2. The first-order chi connectivity index (χ1) is 12.8. The Labute approximate surface area is 157 Å². The van der Waals surface area contributed by atoms with Gasteiger partial charge in [0.1, 0.15) is 22.2 Å². The molecule has 1 aromatic heterocycles. The second-order valence-electron chi connectivity index (χ2n) is 5.26. The maximum absolute atomic E-state index is 13.1.